The van der Waals surface area contributed by atoms with E-state index in [-0.39, 0.29) is 17.6 Å². The van der Waals surface area contributed by atoms with Crippen molar-refractivity contribution in [3.05, 3.63) is 61.2 Å². The van der Waals surface area contributed by atoms with Crippen molar-refractivity contribution in [2.24, 2.45) is 0 Å². The fourth-order valence-corrected chi connectivity index (χ4v) is 3.63. The number of hydrogen-bond donors (Lipinski definition) is 2. The maximum Gasteiger partial charge on any atom is 0.234 e. The number of benzene rings is 2. The molecule has 0 aliphatic rings. The van der Waals surface area contributed by atoms with Gasteiger partial charge in [-0.3, -0.25) is 14.2 Å². The van der Waals surface area contributed by atoms with Gasteiger partial charge in [0, 0.05) is 24.8 Å². The number of rotatable bonds is 9. The molecule has 0 bridgehead atoms. The van der Waals surface area contributed by atoms with Crippen molar-refractivity contribution in [1.82, 2.24) is 14.8 Å². The molecule has 1 aromatic heterocycles. The van der Waals surface area contributed by atoms with Crippen LogP contribution in [0.1, 0.15) is 6.92 Å². The highest BCUT2D eigenvalue weighted by Crippen LogP contribution is 2.31. The zero-order chi connectivity index (χ0) is 22.2. The second-order valence-corrected chi connectivity index (χ2v) is 7.44. The second-order valence-electron chi connectivity index (χ2n) is 6.50. The van der Waals surface area contributed by atoms with Crippen LogP contribution in [0.25, 0.3) is 11.4 Å². The van der Waals surface area contributed by atoms with Gasteiger partial charge in [0.05, 0.1) is 18.4 Å². The number of para-hydroxylation sites is 1. The van der Waals surface area contributed by atoms with Crippen molar-refractivity contribution in [3.63, 3.8) is 0 Å². The van der Waals surface area contributed by atoms with E-state index in [9.17, 15) is 9.59 Å². The number of carbonyl (C=O) groups is 2. The monoisotopic (exact) mass is 437 g/mol. The SMILES string of the molecule is C=CCn1c(SCC(=O)Nc2ccc(NC(C)=O)cc2)nnc1-c1ccccc1OC. The molecule has 0 saturated carbocycles. The van der Waals surface area contributed by atoms with Gasteiger partial charge in [0.2, 0.25) is 11.8 Å². The first-order chi connectivity index (χ1) is 15.0. The van der Waals surface area contributed by atoms with Gasteiger partial charge in [0.1, 0.15) is 5.75 Å². The van der Waals surface area contributed by atoms with E-state index in [0.717, 1.165) is 5.56 Å². The number of methoxy groups -OCH3 is 1. The quantitative estimate of drug-likeness (QED) is 0.390. The number of nitrogens with one attached hydrogen (secondary N) is 2. The number of anilines is 2. The summed E-state index contributed by atoms with van der Waals surface area (Å²) in [5, 5.41) is 14.7. The lowest BCUT2D eigenvalue weighted by molar-refractivity contribution is -0.114. The van der Waals surface area contributed by atoms with Crippen LogP contribution in [0.5, 0.6) is 5.75 Å². The van der Waals surface area contributed by atoms with Gasteiger partial charge < -0.3 is 15.4 Å². The Morgan fingerprint density at radius 1 is 1.10 bits per heavy atom. The van der Waals surface area contributed by atoms with Crippen LogP contribution in [0.4, 0.5) is 11.4 Å². The van der Waals surface area contributed by atoms with Crippen molar-refractivity contribution in [3.8, 4) is 17.1 Å². The number of nitrogens with zero attached hydrogens (tertiary/aromatic N) is 3. The summed E-state index contributed by atoms with van der Waals surface area (Å²) in [5.41, 5.74) is 2.12. The van der Waals surface area contributed by atoms with E-state index in [1.165, 1.54) is 18.7 Å². The van der Waals surface area contributed by atoms with E-state index in [1.54, 1.807) is 37.5 Å². The van der Waals surface area contributed by atoms with E-state index in [4.69, 9.17) is 4.74 Å². The Labute approximate surface area is 184 Å². The summed E-state index contributed by atoms with van der Waals surface area (Å²) in [5.74, 6) is 1.17. The van der Waals surface area contributed by atoms with E-state index in [1.807, 2.05) is 28.8 Å². The summed E-state index contributed by atoms with van der Waals surface area (Å²) >= 11 is 1.29. The Kier molecular flexibility index (Phi) is 7.45. The van der Waals surface area contributed by atoms with Gasteiger partial charge in [-0.15, -0.1) is 16.8 Å². The van der Waals surface area contributed by atoms with Gasteiger partial charge in [-0.2, -0.15) is 0 Å². The van der Waals surface area contributed by atoms with E-state index >= 15 is 0 Å². The molecular formula is C22H23N5O3S. The summed E-state index contributed by atoms with van der Waals surface area (Å²) in [6.45, 7) is 5.74. The molecule has 0 fully saturated rings. The topological polar surface area (TPSA) is 98.1 Å². The number of amides is 2. The Morgan fingerprint density at radius 2 is 1.77 bits per heavy atom. The molecule has 8 nitrogen and oxygen atoms in total. The molecule has 3 aromatic rings. The van der Waals surface area contributed by atoms with Gasteiger partial charge in [-0.05, 0) is 36.4 Å². The lowest BCUT2D eigenvalue weighted by atomic mass is 10.2. The molecule has 0 aliphatic heterocycles. The second kappa shape index (κ2) is 10.4. The van der Waals surface area contributed by atoms with Crippen LogP contribution in [0.2, 0.25) is 0 Å². The molecule has 0 saturated heterocycles. The first-order valence-electron chi connectivity index (χ1n) is 9.49. The molecule has 0 atom stereocenters. The molecule has 160 valence electrons. The highest BCUT2D eigenvalue weighted by molar-refractivity contribution is 7.99. The van der Waals surface area contributed by atoms with Crippen molar-refractivity contribution in [2.75, 3.05) is 23.5 Å². The molecule has 31 heavy (non-hydrogen) atoms. The van der Waals surface area contributed by atoms with E-state index < -0.39 is 0 Å². The molecule has 0 unspecified atom stereocenters. The zero-order valence-electron chi connectivity index (χ0n) is 17.3. The summed E-state index contributed by atoms with van der Waals surface area (Å²) in [7, 11) is 1.61. The first-order valence-corrected chi connectivity index (χ1v) is 10.5. The van der Waals surface area contributed by atoms with Crippen LogP contribution in [0.15, 0.2) is 66.3 Å². The summed E-state index contributed by atoms with van der Waals surface area (Å²) < 4.78 is 7.33. The van der Waals surface area contributed by atoms with Crippen LogP contribution in [0.3, 0.4) is 0 Å². The van der Waals surface area contributed by atoms with Crippen LogP contribution in [-0.4, -0.2) is 39.4 Å². The first kappa shape index (κ1) is 22.1. The highest BCUT2D eigenvalue weighted by atomic mass is 32.2. The molecule has 2 aromatic carbocycles. The fourth-order valence-electron chi connectivity index (χ4n) is 2.89. The summed E-state index contributed by atoms with van der Waals surface area (Å²) in [6.07, 6.45) is 1.75. The maximum atomic E-state index is 12.4. The van der Waals surface area contributed by atoms with Crippen molar-refractivity contribution < 1.29 is 14.3 Å². The number of thioether (sulfide) groups is 1. The minimum atomic E-state index is -0.177. The van der Waals surface area contributed by atoms with Gasteiger partial charge in [0.15, 0.2) is 11.0 Å². The van der Waals surface area contributed by atoms with Crippen molar-refractivity contribution in [1.29, 1.82) is 0 Å². The van der Waals surface area contributed by atoms with Crippen LogP contribution >= 0.6 is 11.8 Å². The summed E-state index contributed by atoms with van der Waals surface area (Å²) in [4.78, 5) is 23.5. The molecule has 0 aliphatic carbocycles. The molecule has 3 rings (SSSR count). The van der Waals surface area contributed by atoms with E-state index in [2.05, 4.69) is 27.4 Å². The minimum absolute atomic E-state index is 0.149. The molecule has 9 heteroatoms. The third-order valence-electron chi connectivity index (χ3n) is 4.20. The van der Waals surface area contributed by atoms with Gasteiger partial charge in [-0.25, -0.2) is 0 Å². The number of ether oxygens (including phenoxy) is 1. The lowest BCUT2D eigenvalue weighted by Gasteiger charge is -2.11. The Balaban J connectivity index is 1.68. The maximum absolute atomic E-state index is 12.4. The number of hydrogen-bond acceptors (Lipinski definition) is 6. The average Bonchev–Trinajstić information content (AvgIpc) is 3.16. The van der Waals surface area contributed by atoms with Crippen molar-refractivity contribution >= 4 is 35.0 Å². The smallest absolute Gasteiger partial charge is 0.234 e. The van der Waals surface area contributed by atoms with Crippen LogP contribution < -0.4 is 15.4 Å². The number of carbonyl (C=O) groups excluding carboxylic acids is 2. The normalized spacial score (nSPS) is 10.4. The zero-order valence-corrected chi connectivity index (χ0v) is 18.1. The summed E-state index contributed by atoms with van der Waals surface area (Å²) in [6, 6.07) is 14.5. The fraction of sp³-hybridized carbons (Fsp3) is 0.182. The average molecular weight is 438 g/mol. The molecular weight excluding hydrogens is 414 g/mol. The molecule has 0 radical (unpaired) electrons. The van der Waals surface area contributed by atoms with Gasteiger partial charge in [0.25, 0.3) is 0 Å². The van der Waals surface area contributed by atoms with Gasteiger partial charge >= 0.3 is 0 Å². The van der Waals surface area contributed by atoms with E-state index in [0.29, 0.717) is 34.6 Å². The Hall–Kier alpha value is -3.59. The Morgan fingerprint density at radius 3 is 2.42 bits per heavy atom. The largest absolute Gasteiger partial charge is 0.496 e. The van der Waals surface area contributed by atoms with Crippen LogP contribution in [0, 0.1) is 0 Å². The Bertz CT molecular complexity index is 1080. The van der Waals surface area contributed by atoms with Crippen LogP contribution in [-0.2, 0) is 16.1 Å². The van der Waals surface area contributed by atoms with Gasteiger partial charge in [-0.1, -0.05) is 30.0 Å². The predicted molar refractivity (Wildman–Crippen MR) is 122 cm³/mol. The molecule has 0 spiro atoms. The van der Waals surface area contributed by atoms with Crippen molar-refractivity contribution in [2.45, 2.75) is 18.6 Å². The predicted octanol–water partition coefficient (Wildman–Crippen LogP) is 3.83. The lowest BCUT2D eigenvalue weighted by Crippen LogP contribution is -2.15. The third kappa shape index (κ3) is 5.73. The molecule has 1 heterocycles. The number of aromatic nitrogens is 3. The molecule has 2 amide bonds. The standard InChI is InChI=1S/C22H23N5O3S/c1-4-13-27-21(18-7-5-6-8-19(18)30-3)25-26-22(27)31-14-20(29)24-17-11-9-16(10-12-17)23-15(2)28/h4-12H,1,13-14H2,2-3H3,(H,23,28)(H,24,29). The third-order valence-corrected chi connectivity index (χ3v) is 5.16. The number of allylic oxidation sites excluding steroid dienone is 1. The molecule has 2 N–H and O–H groups in total. The highest BCUT2D eigenvalue weighted by Gasteiger charge is 2.17. The minimum Gasteiger partial charge on any atom is -0.496 e.